The van der Waals surface area contributed by atoms with Crippen LogP contribution in [0.2, 0.25) is 0 Å². The van der Waals surface area contributed by atoms with Crippen molar-refractivity contribution >= 4 is 28.5 Å². The number of anilines is 3. The average molecular weight is 372 g/mol. The number of aromatic nitrogens is 4. The second-order valence-corrected chi connectivity index (χ2v) is 6.59. The van der Waals surface area contributed by atoms with Gasteiger partial charge in [-0.05, 0) is 24.3 Å². The van der Waals surface area contributed by atoms with Gasteiger partial charge in [-0.25, -0.2) is 4.68 Å². The summed E-state index contributed by atoms with van der Waals surface area (Å²) < 4.78 is 7.34. The predicted octanol–water partition coefficient (Wildman–Crippen LogP) is 3.40. The van der Waals surface area contributed by atoms with Gasteiger partial charge in [0.2, 0.25) is 5.95 Å². The largest absolute Gasteiger partial charge is 0.378 e. The highest BCUT2D eigenvalue weighted by atomic mass is 16.5. The topological polar surface area (TPSA) is 68.1 Å². The Balaban J connectivity index is 1.65. The van der Waals surface area contributed by atoms with Gasteiger partial charge < -0.3 is 15.0 Å². The molecule has 140 valence electrons. The zero-order valence-electron chi connectivity index (χ0n) is 15.3. The van der Waals surface area contributed by atoms with Crippen molar-refractivity contribution in [2.45, 2.75) is 0 Å². The number of rotatable bonds is 4. The van der Waals surface area contributed by atoms with Crippen LogP contribution in [0.1, 0.15) is 0 Å². The number of para-hydroxylation sites is 2. The maximum absolute atomic E-state index is 5.48. The van der Waals surface area contributed by atoms with E-state index in [1.807, 2.05) is 71.5 Å². The summed E-state index contributed by atoms with van der Waals surface area (Å²) in [6.45, 7) is 2.91. The third-order valence-electron chi connectivity index (χ3n) is 4.75. The number of benzene rings is 2. The van der Waals surface area contributed by atoms with Gasteiger partial charge in [-0.2, -0.15) is 15.1 Å². The Morgan fingerprint density at radius 3 is 2.32 bits per heavy atom. The van der Waals surface area contributed by atoms with Crippen molar-refractivity contribution in [2.24, 2.45) is 0 Å². The Kier molecular flexibility index (Phi) is 4.34. The summed E-state index contributed by atoms with van der Waals surface area (Å²) in [6.07, 6.45) is 1.82. The van der Waals surface area contributed by atoms with E-state index in [1.54, 1.807) is 0 Å². The van der Waals surface area contributed by atoms with Crippen molar-refractivity contribution in [3.05, 3.63) is 66.9 Å². The van der Waals surface area contributed by atoms with Crippen LogP contribution in [0.15, 0.2) is 66.9 Å². The quantitative estimate of drug-likeness (QED) is 0.592. The molecule has 28 heavy (non-hydrogen) atoms. The van der Waals surface area contributed by atoms with Crippen molar-refractivity contribution in [1.29, 1.82) is 0 Å². The van der Waals surface area contributed by atoms with Crippen molar-refractivity contribution in [2.75, 3.05) is 36.5 Å². The molecule has 1 saturated heterocycles. The SMILES string of the molecule is c1ccc(Nc2nc(N3CCOCC3)nc3c2cnn3-c2ccccc2)cc1. The maximum Gasteiger partial charge on any atom is 0.229 e. The molecule has 4 aromatic rings. The molecule has 0 radical (unpaired) electrons. The fraction of sp³-hybridized carbons (Fsp3) is 0.190. The van der Waals surface area contributed by atoms with E-state index in [0.717, 1.165) is 41.3 Å². The van der Waals surface area contributed by atoms with Crippen LogP contribution in [0.25, 0.3) is 16.7 Å². The fourth-order valence-electron chi connectivity index (χ4n) is 3.31. The molecule has 0 aliphatic carbocycles. The van der Waals surface area contributed by atoms with Crippen LogP contribution in [0.4, 0.5) is 17.5 Å². The second-order valence-electron chi connectivity index (χ2n) is 6.59. The van der Waals surface area contributed by atoms with Crippen LogP contribution < -0.4 is 10.2 Å². The number of hydrogen-bond acceptors (Lipinski definition) is 6. The standard InChI is InChI=1S/C21H20N6O/c1-3-7-16(8-4-1)23-19-18-15-22-27(17-9-5-2-6-10-17)20(18)25-21(24-19)26-11-13-28-14-12-26/h1-10,15H,11-14H2,(H,23,24,25). The molecule has 3 heterocycles. The molecular formula is C21H20N6O. The van der Waals surface area contributed by atoms with E-state index in [-0.39, 0.29) is 0 Å². The van der Waals surface area contributed by atoms with Gasteiger partial charge in [0.15, 0.2) is 5.65 Å². The van der Waals surface area contributed by atoms with E-state index < -0.39 is 0 Å². The predicted molar refractivity (Wildman–Crippen MR) is 109 cm³/mol. The highest BCUT2D eigenvalue weighted by Crippen LogP contribution is 2.28. The number of morpholine rings is 1. The van der Waals surface area contributed by atoms with Crippen molar-refractivity contribution in [3.63, 3.8) is 0 Å². The van der Waals surface area contributed by atoms with E-state index in [1.165, 1.54) is 0 Å². The van der Waals surface area contributed by atoms with Crippen molar-refractivity contribution < 1.29 is 4.74 Å². The zero-order valence-corrected chi connectivity index (χ0v) is 15.3. The number of ether oxygens (including phenoxy) is 1. The van der Waals surface area contributed by atoms with E-state index >= 15 is 0 Å². The summed E-state index contributed by atoms with van der Waals surface area (Å²) in [7, 11) is 0. The van der Waals surface area contributed by atoms with Crippen LogP contribution >= 0.6 is 0 Å². The first-order valence-corrected chi connectivity index (χ1v) is 9.34. The van der Waals surface area contributed by atoms with Gasteiger partial charge in [0.1, 0.15) is 5.82 Å². The smallest absolute Gasteiger partial charge is 0.229 e. The number of nitrogens with one attached hydrogen (secondary N) is 1. The summed E-state index contributed by atoms with van der Waals surface area (Å²) in [5.41, 5.74) is 2.72. The molecule has 2 aromatic heterocycles. The molecule has 1 aliphatic heterocycles. The molecular weight excluding hydrogens is 352 g/mol. The van der Waals surface area contributed by atoms with Gasteiger partial charge in [0.25, 0.3) is 0 Å². The Bertz CT molecular complexity index is 1070. The molecule has 0 spiro atoms. The van der Waals surface area contributed by atoms with Gasteiger partial charge in [-0.1, -0.05) is 36.4 Å². The molecule has 0 unspecified atom stereocenters. The van der Waals surface area contributed by atoms with Gasteiger partial charge >= 0.3 is 0 Å². The molecule has 2 aromatic carbocycles. The van der Waals surface area contributed by atoms with Crippen LogP contribution in [0.3, 0.4) is 0 Å². The average Bonchev–Trinajstić information content (AvgIpc) is 3.20. The van der Waals surface area contributed by atoms with Crippen LogP contribution in [-0.4, -0.2) is 46.1 Å². The minimum Gasteiger partial charge on any atom is -0.378 e. The van der Waals surface area contributed by atoms with Crippen molar-refractivity contribution in [1.82, 2.24) is 19.7 Å². The summed E-state index contributed by atoms with van der Waals surface area (Å²) in [5.74, 6) is 1.44. The molecule has 0 atom stereocenters. The lowest BCUT2D eigenvalue weighted by molar-refractivity contribution is 0.122. The van der Waals surface area contributed by atoms with Gasteiger partial charge in [0, 0.05) is 18.8 Å². The second kappa shape index (κ2) is 7.28. The number of hydrogen-bond donors (Lipinski definition) is 1. The van der Waals surface area contributed by atoms with Crippen LogP contribution in [0.5, 0.6) is 0 Å². The first kappa shape index (κ1) is 16.7. The molecule has 0 bridgehead atoms. The molecule has 5 rings (SSSR count). The molecule has 7 heteroatoms. The Morgan fingerprint density at radius 2 is 1.57 bits per heavy atom. The zero-order chi connectivity index (χ0) is 18.8. The summed E-state index contributed by atoms with van der Waals surface area (Å²) in [4.78, 5) is 11.8. The normalized spacial score (nSPS) is 14.4. The number of nitrogens with zero attached hydrogens (tertiary/aromatic N) is 5. The summed E-state index contributed by atoms with van der Waals surface area (Å²) in [5, 5.41) is 8.89. The Labute approximate surface area is 162 Å². The van der Waals surface area contributed by atoms with Gasteiger partial charge in [0.05, 0.1) is 30.5 Å². The summed E-state index contributed by atoms with van der Waals surface area (Å²) in [6, 6.07) is 20.0. The Morgan fingerprint density at radius 1 is 0.857 bits per heavy atom. The summed E-state index contributed by atoms with van der Waals surface area (Å²) >= 11 is 0. The van der Waals surface area contributed by atoms with Gasteiger partial charge in [-0.3, -0.25) is 0 Å². The fourth-order valence-corrected chi connectivity index (χ4v) is 3.31. The first-order valence-electron chi connectivity index (χ1n) is 9.34. The van der Waals surface area contributed by atoms with Crippen molar-refractivity contribution in [3.8, 4) is 5.69 Å². The van der Waals surface area contributed by atoms with Crippen LogP contribution in [0, 0.1) is 0 Å². The molecule has 1 fully saturated rings. The highest BCUT2D eigenvalue weighted by molar-refractivity contribution is 5.90. The van der Waals surface area contributed by atoms with E-state index in [9.17, 15) is 0 Å². The minimum absolute atomic E-state index is 0.681. The van der Waals surface area contributed by atoms with E-state index in [4.69, 9.17) is 14.7 Å². The molecule has 7 nitrogen and oxygen atoms in total. The number of fused-ring (bicyclic) bond motifs is 1. The molecule has 1 N–H and O–H groups in total. The van der Waals surface area contributed by atoms with E-state index in [2.05, 4.69) is 15.3 Å². The van der Waals surface area contributed by atoms with E-state index in [0.29, 0.717) is 19.2 Å². The molecule has 1 aliphatic rings. The minimum atomic E-state index is 0.681. The first-order chi connectivity index (χ1) is 13.9. The lowest BCUT2D eigenvalue weighted by atomic mass is 10.3. The third kappa shape index (κ3) is 3.16. The molecule has 0 amide bonds. The molecule has 0 saturated carbocycles. The monoisotopic (exact) mass is 372 g/mol. The lowest BCUT2D eigenvalue weighted by Gasteiger charge is -2.27. The Hall–Kier alpha value is -3.45. The third-order valence-corrected chi connectivity index (χ3v) is 4.75. The van der Waals surface area contributed by atoms with Crippen LogP contribution in [-0.2, 0) is 4.74 Å². The highest BCUT2D eigenvalue weighted by Gasteiger charge is 2.19. The van der Waals surface area contributed by atoms with Gasteiger partial charge in [-0.15, -0.1) is 0 Å². The lowest BCUT2D eigenvalue weighted by Crippen LogP contribution is -2.37. The maximum atomic E-state index is 5.48.